The van der Waals surface area contributed by atoms with E-state index in [0.717, 1.165) is 11.1 Å². The van der Waals surface area contributed by atoms with Gasteiger partial charge in [-0.05, 0) is 48.9 Å². The van der Waals surface area contributed by atoms with Crippen molar-refractivity contribution < 1.29 is 18.7 Å². The Balaban J connectivity index is 1.70. The fourth-order valence-electron chi connectivity index (χ4n) is 2.47. The molecule has 3 aromatic rings. The third-order valence-corrected chi connectivity index (χ3v) is 3.84. The quantitative estimate of drug-likeness (QED) is 0.427. The number of hydrogen-bond acceptors (Lipinski definition) is 6. The Labute approximate surface area is 155 Å². The number of hydrogen-bond donors (Lipinski definition) is 1. The molecule has 3 rings (SSSR count). The van der Waals surface area contributed by atoms with Crippen LogP contribution < -0.4 is 5.43 Å². The molecule has 2 heterocycles. The Kier molecular flexibility index (Phi) is 5.41. The zero-order chi connectivity index (χ0) is 19.2. The van der Waals surface area contributed by atoms with Crippen LogP contribution >= 0.6 is 0 Å². The second-order valence-corrected chi connectivity index (χ2v) is 5.66. The maximum Gasteiger partial charge on any atom is 0.337 e. The van der Waals surface area contributed by atoms with Crippen LogP contribution in [-0.2, 0) is 4.74 Å². The van der Waals surface area contributed by atoms with Gasteiger partial charge in [-0.2, -0.15) is 5.10 Å². The second kappa shape index (κ2) is 8.09. The normalized spacial score (nSPS) is 10.7. The summed E-state index contributed by atoms with van der Waals surface area (Å²) in [7, 11) is 1.34. The lowest BCUT2D eigenvalue weighted by Crippen LogP contribution is -2.17. The van der Waals surface area contributed by atoms with Gasteiger partial charge >= 0.3 is 5.97 Å². The number of aryl methyl sites for hydroxylation is 1. The summed E-state index contributed by atoms with van der Waals surface area (Å²) in [6.45, 7) is 1.88. The van der Waals surface area contributed by atoms with Crippen molar-refractivity contribution in [1.29, 1.82) is 0 Å². The van der Waals surface area contributed by atoms with Crippen LogP contribution in [0.4, 0.5) is 0 Å². The van der Waals surface area contributed by atoms with Crippen molar-refractivity contribution in [1.82, 2.24) is 10.4 Å². The zero-order valence-electron chi connectivity index (χ0n) is 14.8. The van der Waals surface area contributed by atoms with Gasteiger partial charge in [-0.15, -0.1) is 0 Å². The predicted molar refractivity (Wildman–Crippen MR) is 99.5 cm³/mol. The van der Waals surface area contributed by atoms with Gasteiger partial charge in [0.05, 0.1) is 18.9 Å². The Morgan fingerprint density at radius 1 is 1.11 bits per heavy atom. The summed E-state index contributed by atoms with van der Waals surface area (Å²) in [5.74, 6) is 0.388. The summed E-state index contributed by atoms with van der Waals surface area (Å²) in [6, 6.07) is 11.9. The lowest BCUT2D eigenvalue weighted by atomic mass is 10.0. The van der Waals surface area contributed by atoms with Gasteiger partial charge in [-0.1, -0.05) is 6.07 Å². The highest BCUT2D eigenvalue weighted by atomic mass is 16.5. The molecule has 0 aliphatic rings. The van der Waals surface area contributed by atoms with E-state index in [2.05, 4.69) is 15.5 Å². The predicted octanol–water partition coefficient (Wildman–Crippen LogP) is 3.20. The van der Waals surface area contributed by atoms with Gasteiger partial charge in [0.2, 0.25) is 0 Å². The van der Waals surface area contributed by atoms with Gasteiger partial charge < -0.3 is 9.15 Å². The van der Waals surface area contributed by atoms with Crippen LogP contribution in [0.5, 0.6) is 0 Å². The number of furan rings is 1. The van der Waals surface area contributed by atoms with Gasteiger partial charge in [0.15, 0.2) is 0 Å². The maximum absolute atomic E-state index is 11.9. The molecular weight excluding hydrogens is 346 g/mol. The summed E-state index contributed by atoms with van der Waals surface area (Å²) in [4.78, 5) is 27.3. The molecule has 7 nitrogen and oxygen atoms in total. The summed E-state index contributed by atoms with van der Waals surface area (Å²) in [6.07, 6.45) is 4.48. The van der Waals surface area contributed by atoms with Crippen molar-refractivity contribution in [3.63, 3.8) is 0 Å². The molecule has 7 heteroatoms. The van der Waals surface area contributed by atoms with Crippen molar-refractivity contribution in [2.24, 2.45) is 5.10 Å². The third kappa shape index (κ3) is 4.27. The fraction of sp³-hybridized carbons (Fsp3) is 0.100. The van der Waals surface area contributed by atoms with Crippen LogP contribution in [-0.4, -0.2) is 30.2 Å². The van der Waals surface area contributed by atoms with Gasteiger partial charge in [-0.3, -0.25) is 9.78 Å². The molecule has 1 aromatic carbocycles. The number of carbonyl (C=O) groups excluding carboxylic acids is 2. The minimum atomic E-state index is -0.387. The SMILES string of the molecule is COC(=O)c1ccc(-c2ccc(/C=N\NC(=O)c3ccncc3)o2)c(C)c1. The third-order valence-electron chi connectivity index (χ3n) is 3.84. The molecule has 0 radical (unpaired) electrons. The molecule has 0 saturated carbocycles. The molecular formula is C20H17N3O4. The largest absolute Gasteiger partial charge is 0.465 e. The highest BCUT2D eigenvalue weighted by molar-refractivity contribution is 5.94. The number of esters is 1. The number of nitrogens with one attached hydrogen (secondary N) is 1. The number of benzene rings is 1. The molecule has 0 unspecified atom stereocenters. The van der Waals surface area contributed by atoms with Crippen LogP contribution in [0.25, 0.3) is 11.3 Å². The number of methoxy groups -OCH3 is 1. The molecule has 0 saturated heterocycles. The Morgan fingerprint density at radius 3 is 2.59 bits per heavy atom. The number of nitrogens with zero attached hydrogens (tertiary/aromatic N) is 2. The van der Waals surface area contributed by atoms with Crippen LogP contribution in [0.15, 0.2) is 64.4 Å². The topological polar surface area (TPSA) is 93.8 Å². The molecule has 136 valence electrons. The Bertz CT molecular complexity index is 993. The average molecular weight is 363 g/mol. The monoisotopic (exact) mass is 363 g/mol. The minimum Gasteiger partial charge on any atom is -0.465 e. The van der Waals surface area contributed by atoms with E-state index in [9.17, 15) is 9.59 Å². The van der Waals surface area contributed by atoms with E-state index >= 15 is 0 Å². The van der Waals surface area contributed by atoms with E-state index in [1.807, 2.05) is 6.92 Å². The standard InChI is InChI=1S/C20H17N3O4/c1-13-11-15(20(25)26-2)3-5-17(13)18-6-4-16(27-18)12-22-23-19(24)14-7-9-21-10-8-14/h3-12H,1-2H3,(H,23,24)/b22-12-. The average Bonchev–Trinajstić information content (AvgIpc) is 3.16. The van der Waals surface area contributed by atoms with Crippen LogP contribution in [0.2, 0.25) is 0 Å². The van der Waals surface area contributed by atoms with E-state index in [0.29, 0.717) is 22.6 Å². The number of hydrazone groups is 1. The van der Waals surface area contributed by atoms with E-state index in [-0.39, 0.29) is 11.9 Å². The molecule has 0 spiro atoms. The molecule has 2 aromatic heterocycles. The summed E-state index contributed by atoms with van der Waals surface area (Å²) >= 11 is 0. The smallest absolute Gasteiger partial charge is 0.337 e. The van der Waals surface area contributed by atoms with E-state index in [4.69, 9.17) is 9.15 Å². The Hall–Kier alpha value is -3.74. The number of pyridine rings is 1. The maximum atomic E-state index is 11.9. The fourth-order valence-corrected chi connectivity index (χ4v) is 2.47. The molecule has 0 bridgehead atoms. The van der Waals surface area contributed by atoms with Gasteiger partial charge in [0.25, 0.3) is 5.91 Å². The number of rotatable bonds is 5. The Morgan fingerprint density at radius 2 is 1.89 bits per heavy atom. The minimum absolute atomic E-state index is 0.338. The summed E-state index contributed by atoms with van der Waals surface area (Å²) in [5, 5.41) is 3.90. The lowest BCUT2D eigenvalue weighted by Gasteiger charge is -2.05. The number of amides is 1. The van der Waals surface area contributed by atoms with E-state index in [1.165, 1.54) is 25.7 Å². The zero-order valence-corrected chi connectivity index (χ0v) is 14.8. The van der Waals surface area contributed by atoms with Crippen molar-refractivity contribution in [3.05, 3.63) is 77.3 Å². The van der Waals surface area contributed by atoms with Crippen LogP contribution in [0, 0.1) is 6.92 Å². The van der Waals surface area contributed by atoms with Gasteiger partial charge in [-0.25, -0.2) is 10.2 Å². The molecule has 0 aliphatic heterocycles. The number of aromatic nitrogens is 1. The first kappa shape index (κ1) is 18.1. The number of ether oxygens (including phenoxy) is 1. The van der Waals surface area contributed by atoms with Crippen LogP contribution in [0.1, 0.15) is 32.0 Å². The van der Waals surface area contributed by atoms with Crippen molar-refractivity contribution in [2.45, 2.75) is 6.92 Å². The summed E-state index contributed by atoms with van der Waals surface area (Å²) in [5.41, 5.74) is 5.09. The first-order valence-corrected chi connectivity index (χ1v) is 8.11. The molecule has 1 N–H and O–H groups in total. The second-order valence-electron chi connectivity index (χ2n) is 5.66. The molecule has 0 fully saturated rings. The molecule has 27 heavy (non-hydrogen) atoms. The molecule has 0 atom stereocenters. The van der Waals surface area contributed by atoms with Crippen molar-refractivity contribution in [2.75, 3.05) is 7.11 Å². The lowest BCUT2D eigenvalue weighted by molar-refractivity contribution is 0.0600. The highest BCUT2D eigenvalue weighted by Crippen LogP contribution is 2.26. The van der Waals surface area contributed by atoms with Gasteiger partial charge in [0, 0.05) is 23.5 Å². The summed E-state index contributed by atoms with van der Waals surface area (Å²) < 4.78 is 10.5. The van der Waals surface area contributed by atoms with E-state index in [1.54, 1.807) is 42.5 Å². The highest BCUT2D eigenvalue weighted by Gasteiger charge is 2.11. The first-order valence-electron chi connectivity index (χ1n) is 8.11. The first-order chi connectivity index (χ1) is 13.1. The van der Waals surface area contributed by atoms with Gasteiger partial charge in [0.1, 0.15) is 11.5 Å². The van der Waals surface area contributed by atoms with E-state index < -0.39 is 0 Å². The van der Waals surface area contributed by atoms with Crippen molar-refractivity contribution >= 4 is 18.1 Å². The molecule has 1 amide bonds. The number of carbonyl (C=O) groups is 2. The van der Waals surface area contributed by atoms with Crippen molar-refractivity contribution in [3.8, 4) is 11.3 Å². The molecule has 0 aliphatic carbocycles. The van der Waals surface area contributed by atoms with Crippen LogP contribution in [0.3, 0.4) is 0 Å².